The molecule has 0 unspecified atom stereocenters. The van der Waals surface area contributed by atoms with E-state index in [9.17, 15) is 18.8 Å². The lowest BCUT2D eigenvalue weighted by molar-refractivity contribution is -0.0369. The van der Waals surface area contributed by atoms with Crippen molar-refractivity contribution < 1.29 is 23.5 Å². The van der Waals surface area contributed by atoms with Crippen molar-refractivity contribution in [3.63, 3.8) is 0 Å². The highest BCUT2D eigenvalue weighted by molar-refractivity contribution is 6.21. The zero-order chi connectivity index (χ0) is 32.7. The van der Waals surface area contributed by atoms with Crippen LogP contribution in [0.25, 0.3) is 0 Å². The lowest BCUT2D eigenvalue weighted by Gasteiger charge is -2.53. The zero-order valence-electron chi connectivity index (χ0n) is 26.9. The maximum Gasteiger partial charge on any atom is 0.282 e. The Hall–Kier alpha value is -4.45. The van der Waals surface area contributed by atoms with Crippen LogP contribution in [0.2, 0.25) is 0 Å². The molecule has 11 nitrogen and oxygen atoms in total. The first-order chi connectivity index (χ1) is 22.0. The average molecular weight is 630 g/mol. The molecule has 12 heteroatoms. The van der Waals surface area contributed by atoms with Gasteiger partial charge in [0.1, 0.15) is 17.9 Å². The molecule has 2 fully saturated rings. The Morgan fingerprint density at radius 1 is 1.04 bits per heavy atom. The van der Waals surface area contributed by atoms with Crippen molar-refractivity contribution in [3.05, 3.63) is 71.3 Å². The van der Waals surface area contributed by atoms with E-state index in [1.807, 2.05) is 20.8 Å². The molecule has 0 saturated carbocycles. The molecule has 2 aromatic carbocycles. The lowest BCUT2D eigenvalue weighted by atomic mass is 9.77. The Bertz CT molecular complexity index is 1620. The summed E-state index contributed by atoms with van der Waals surface area (Å²) in [5.74, 6) is -0.245. The van der Waals surface area contributed by atoms with Gasteiger partial charge in [-0.15, -0.1) is 10.2 Å². The Morgan fingerprint density at radius 3 is 2.37 bits per heavy atom. The number of imide groups is 1. The van der Waals surface area contributed by atoms with E-state index in [1.165, 1.54) is 29.4 Å². The van der Waals surface area contributed by atoms with E-state index in [4.69, 9.17) is 4.74 Å². The zero-order valence-corrected chi connectivity index (χ0v) is 26.9. The molecule has 242 valence electrons. The van der Waals surface area contributed by atoms with Crippen molar-refractivity contribution in [3.8, 4) is 11.6 Å². The number of carbonyl (C=O) groups is 3. The minimum Gasteiger partial charge on any atom is -0.434 e. The molecule has 1 spiro atoms. The smallest absolute Gasteiger partial charge is 0.282 e. The van der Waals surface area contributed by atoms with Gasteiger partial charge in [0, 0.05) is 56.8 Å². The van der Waals surface area contributed by atoms with Gasteiger partial charge in [0.2, 0.25) is 0 Å². The molecule has 6 rings (SSSR count). The van der Waals surface area contributed by atoms with Crippen LogP contribution in [0.4, 0.5) is 10.2 Å². The van der Waals surface area contributed by atoms with Gasteiger partial charge < -0.3 is 14.5 Å². The number of halogens is 1. The number of carbonyl (C=O) groups excluding carboxylic acids is 3. The van der Waals surface area contributed by atoms with Crippen molar-refractivity contribution in [1.29, 1.82) is 0 Å². The van der Waals surface area contributed by atoms with Crippen LogP contribution < -0.4 is 9.64 Å². The van der Waals surface area contributed by atoms with Gasteiger partial charge in [0.05, 0.1) is 16.7 Å². The Labute approximate surface area is 268 Å². The van der Waals surface area contributed by atoms with Crippen LogP contribution >= 0.6 is 0 Å². The second kappa shape index (κ2) is 12.4. The molecule has 3 aliphatic rings. The number of hydrogen-bond acceptors (Lipinski definition) is 9. The summed E-state index contributed by atoms with van der Waals surface area (Å²) in [5.41, 5.74) is 1.06. The van der Waals surface area contributed by atoms with E-state index in [0.717, 1.165) is 26.1 Å². The van der Waals surface area contributed by atoms with Crippen LogP contribution in [0.3, 0.4) is 0 Å². The van der Waals surface area contributed by atoms with Crippen LogP contribution in [0.5, 0.6) is 11.6 Å². The third kappa shape index (κ3) is 5.70. The van der Waals surface area contributed by atoms with E-state index >= 15 is 0 Å². The van der Waals surface area contributed by atoms with Crippen molar-refractivity contribution in [2.24, 2.45) is 11.3 Å². The second-order valence-electron chi connectivity index (χ2n) is 13.2. The van der Waals surface area contributed by atoms with Crippen LogP contribution in [0, 0.1) is 17.2 Å². The fourth-order valence-electron chi connectivity index (χ4n) is 7.07. The Balaban J connectivity index is 1.15. The van der Waals surface area contributed by atoms with Gasteiger partial charge >= 0.3 is 0 Å². The molecule has 2 saturated heterocycles. The number of rotatable bonds is 10. The fraction of sp³-hybridized carbons (Fsp3) is 0.471. The molecule has 0 radical (unpaired) electrons. The minimum atomic E-state index is -0.535. The van der Waals surface area contributed by atoms with Crippen molar-refractivity contribution in [1.82, 2.24) is 29.9 Å². The predicted octanol–water partition coefficient (Wildman–Crippen LogP) is 4.51. The van der Waals surface area contributed by atoms with Gasteiger partial charge in [-0.1, -0.05) is 26.0 Å². The number of benzene rings is 2. The number of likely N-dealkylation sites (tertiary alicyclic amines) is 1. The van der Waals surface area contributed by atoms with Gasteiger partial charge in [-0.05, 0) is 63.4 Å². The summed E-state index contributed by atoms with van der Waals surface area (Å²) in [5, 5.41) is 8.15. The quantitative estimate of drug-likeness (QED) is 0.299. The maximum absolute atomic E-state index is 14.3. The topological polar surface area (TPSA) is 112 Å². The van der Waals surface area contributed by atoms with E-state index in [1.54, 1.807) is 29.2 Å². The summed E-state index contributed by atoms with van der Waals surface area (Å²) in [6, 6.07) is 10.8. The maximum atomic E-state index is 14.3. The van der Waals surface area contributed by atoms with E-state index in [0.29, 0.717) is 36.6 Å². The fourth-order valence-corrected chi connectivity index (χ4v) is 7.07. The van der Waals surface area contributed by atoms with E-state index < -0.39 is 5.82 Å². The largest absolute Gasteiger partial charge is 0.434 e. The molecule has 3 aromatic rings. The first-order valence-electron chi connectivity index (χ1n) is 15.9. The van der Waals surface area contributed by atoms with Crippen molar-refractivity contribution in [2.75, 3.05) is 44.2 Å². The second-order valence-corrected chi connectivity index (χ2v) is 13.2. The number of ether oxygens (including phenoxy) is 1. The summed E-state index contributed by atoms with van der Waals surface area (Å²) in [6.07, 6.45) is 2.29. The average Bonchev–Trinajstić information content (AvgIpc) is 3.56. The highest BCUT2D eigenvalue weighted by Crippen LogP contribution is 2.44. The molecular weight excluding hydrogens is 589 g/mol. The van der Waals surface area contributed by atoms with Crippen LogP contribution in [0.1, 0.15) is 72.1 Å². The monoisotopic (exact) mass is 629 g/mol. The number of nitrogens with zero attached hydrogens (tertiary/aromatic N) is 7. The highest BCUT2D eigenvalue weighted by Gasteiger charge is 2.51. The third-order valence-corrected chi connectivity index (χ3v) is 9.48. The van der Waals surface area contributed by atoms with E-state index in [2.05, 4.69) is 38.8 Å². The number of fused-ring (bicyclic) bond motifs is 1. The van der Waals surface area contributed by atoms with E-state index in [-0.39, 0.29) is 58.3 Å². The van der Waals surface area contributed by atoms with Gasteiger partial charge in [0.15, 0.2) is 5.82 Å². The summed E-state index contributed by atoms with van der Waals surface area (Å²) >= 11 is 0. The minimum absolute atomic E-state index is 0.00719. The molecule has 1 atom stereocenters. The van der Waals surface area contributed by atoms with Gasteiger partial charge in [-0.25, -0.2) is 9.37 Å². The standard InChI is InChI=1S/C34H40FN7O4/c1-6-41(22(4)5)33(45)26-15-23(35)11-12-28(26)46-30-29(36-20-37-38-30)39-14-13-34(17-39)18-40(19-34)27(21(2)3)16-42-31(43)24-9-7-8-10-25(24)32(42)44/h7-12,15,20-22,27H,6,13-14,16-19H2,1-5H3/t27-/m0/s1. The summed E-state index contributed by atoms with van der Waals surface area (Å²) < 4.78 is 20.5. The molecule has 0 bridgehead atoms. The number of hydrogen-bond donors (Lipinski definition) is 0. The SMILES string of the molecule is CCN(C(=O)c1cc(F)ccc1Oc1nncnc1N1CCC2(C1)CN([C@@H](CN1C(=O)c3ccccc3C1=O)C(C)C)C2)C(C)C. The molecular formula is C34H40FN7O4. The number of anilines is 1. The molecule has 4 heterocycles. The van der Waals surface area contributed by atoms with Gasteiger partial charge in [-0.3, -0.25) is 24.2 Å². The summed E-state index contributed by atoms with van der Waals surface area (Å²) in [7, 11) is 0. The molecule has 1 aromatic heterocycles. The summed E-state index contributed by atoms with van der Waals surface area (Å²) in [4.78, 5) is 51.5. The highest BCUT2D eigenvalue weighted by atomic mass is 19.1. The molecule has 3 amide bonds. The Morgan fingerprint density at radius 2 is 1.74 bits per heavy atom. The molecule has 0 N–H and O–H groups in total. The van der Waals surface area contributed by atoms with Crippen LogP contribution in [0.15, 0.2) is 48.8 Å². The Kier molecular flexibility index (Phi) is 8.49. The van der Waals surface area contributed by atoms with Crippen molar-refractivity contribution in [2.45, 2.75) is 53.1 Å². The predicted molar refractivity (Wildman–Crippen MR) is 169 cm³/mol. The van der Waals surface area contributed by atoms with Gasteiger partial charge in [0.25, 0.3) is 23.6 Å². The first kappa shape index (κ1) is 31.5. The first-order valence-corrected chi connectivity index (χ1v) is 15.9. The lowest BCUT2D eigenvalue weighted by Crippen LogP contribution is -2.64. The normalized spacial score (nSPS) is 18.0. The molecule has 3 aliphatic heterocycles. The molecule has 46 heavy (non-hydrogen) atoms. The summed E-state index contributed by atoms with van der Waals surface area (Å²) in [6.45, 7) is 13.8. The van der Waals surface area contributed by atoms with Crippen molar-refractivity contribution >= 4 is 23.5 Å². The van der Waals surface area contributed by atoms with Crippen LogP contribution in [-0.2, 0) is 0 Å². The number of aromatic nitrogens is 3. The number of amides is 3. The third-order valence-electron chi connectivity index (χ3n) is 9.48. The van der Waals surface area contributed by atoms with Crippen LogP contribution in [-0.4, -0.2) is 99.0 Å². The van der Waals surface area contributed by atoms with Gasteiger partial charge in [-0.2, -0.15) is 0 Å². The molecule has 0 aliphatic carbocycles.